The number of anilines is 1. The number of aromatic nitrogens is 2. The Bertz CT molecular complexity index is 407. The molecule has 4 nitrogen and oxygen atoms in total. The molecule has 0 radical (unpaired) electrons. The van der Waals surface area contributed by atoms with E-state index in [2.05, 4.69) is 45.7 Å². The third kappa shape index (κ3) is 3.53. The zero-order valence-electron chi connectivity index (χ0n) is 10.0. The van der Waals surface area contributed by atoms with Gasteiger partial charge in [-0.25, -0.2) is 4.98 Å². The second kappa shape index (κ2) is 6.47. The first-order valence-electron chi connectivity index (χ1n) is 6.05. The summed E-state index contributed by atoms with van der Waals surface area (Å²) in [4.78, 5) is 8.20. The normalized spacial score (nSPS) is 18.6. The van der Waals surface area contributed by atoms with Gasteiger partial charge in [-0.05, 0) is 40.4 Å². The van der Waals surface area contributed by atoms with E-state index in [1.165, 1.54) is 19.3 Å². The molecule has 1 saturated carbocycles. The maximum absolute atomic E-state index is 5.85. The average molecular weight is 352 g/mol. The molecule has 2 rings (SSSR count). The molecule has 18 heavy (non-hydrogen) atoms. The van der Waals surface area contributed by atoms with Crippen LogP contribution in [0.4, 0.5) is 5.82 Å². The van der Waals surface area contributed by atoms with Crippen LogP contribution in [0.5, 0.6) is 0 Å². The van der Waals surface area contributed by atoms with Crippen LogP contribution in [-0.2, 0) is 0 Å². The number of hydrogen-bond donors (Lipinski definition) is 2. The smallest absolute Gasteiger partial charge is 0.224 e. The highest BCUT2D eigenvalue weighted by Crippen LogP contribution is 2.33. The van der Waals surface area contributed by atoms with Crippen LogP contribution in [0.2, 0.25) is 5.28 Å². The van der Waals surface area contributed by atoms with Crippen molar-refractivity contribution in [1.29, 1.82) is 0 Å². The van der Waals surface area contributed by atoms with Crippen molar-refractivity contribution in [2.45, 2.75) is 37.6 Å². The molecule has 1 aromatic rings. The first-order chi connectivity index (χ1) is 8.65. The Kier molecular flexibility index (Phi) is 5.19. The van der Waals surface area contributed by atoms with Crippen LogP contribution < -0.4 is 10.4 Å². The quantitative estimate of drug-likeness (QED) is 0.645. The van der Waals surface area contributed by atoms with E-state index in [0.29, 0.717) is 0 Å². The Morgan fingerprint density at radius 3 is 2.78 bits per heavy atom. The molecule has 0 spiro atoms. The van der Waals surface area contributed by atoms with Gasteiger partial charge in [0.15, 0.2) is 0 Å². The molecular formula is C11H17BrClN4P. The molecule has 0 aromatic carbocycles. The first-order valence-corrected chi connectivity index (χ1v) is 7.80. The maximum Gasteiger partial charge on any atom is 0.224 e. The van der Waals surface area contributed by atoms with Gasteiger partial charge in [0.05, 0.1) is 10.0 Å². The van der Waals surface area contributed by atoms with Crippen LogP contribution in [-0.4, -0.2) is 22.1 Å². The van der Waals surface area contributed by atoms with Gasteiger partial charge in [0, 0.05) is 12.7 Å². The molecule has 1 unspecified atom stereocenters. The highest BCUT2D eigenvalue weighted by Gasteiger charge is 2.32. The summed E-state index contributed by atoms with van der Waals surface area (Å²) in [5.74, 6) is 0.775. The van der Waals surface area contributed by atoms with Gasteiger partial charge >= 0.3 is 0 Å². The van der Waals surface area contributed by atoms with Crippen molar-refractivity contribution in [3.05, 3.63) is 16.0 Å². The van der Waals surface area contributed by atoms with Gasteiger partial charge in [-0.1, -0.05) is 28.7 Å². The van der Waals surface area contributed by atoms with Crippen LogP contribution in [0.1, 0.15) is 32.1 Å². The summed E-state index contributed by atoms with van der Waals surface area (Å²) >= 11 is 9.31. The van der Waals surface area contributed by atoms with Crippen molar-refractivity contribution in [2.24, 2.45) is 0 Å². The van der Waals surface area contributed by atoms with Gasteiger partial charge in [-0.2, -0.15) is 4.98 Å². The molecule has 7 heteroatoms. The van der Waals surface area contributed by atoms with Crippen LogP contribution in [0, 0.1) is 0 Å². The first kappa shape index (κ1) is 14.4. The zero-order valence-corrected chi connectivity index (χ0v) is 13.5. The SMILES string of the molecule is PNCC1(Nc2nc(Cl)ncc2Br)CCCCC1. The lowest BCUT2D eigenvalue weighted by atomic mass is 9.81. The predicted molar refractivity (Wildman–Crippen MR) is 81.9 cm³/mol. The minimum Gasteiger partial charge on any atom is -0.362 e. The van der Waals surface area contributed by atoms with E-state index >= 15 is 0 Å². The van der Waals surface area contributed by atoms with Gasteiger partial charge in [0.25, 0.3) is 0 Å². The fraction of sp³-hybridized carbons (Fsp3) is 0.636. The molecular weight excluding hydrogens is 334 g/mol. The summed E-state index contributed by atoms with van der Waals surface area (Å²) in [6, 6.07) is 0. The van der Waals surface area contributed by atoms with Crippen molar-refractivity contribution in [2.75, 3.05) is 11.9 Å². The minimum atomic E-state index is 0.0558. The highest BCUT2D eigenvalue weighted by molar-refractivity contribution is 9.10. The lowest BCUT2D eigenvalue weighted by Gasteiger charge is -2.38. The summed E-state index contributed by atoms with van der Waals surface area (Å²) in [5, 5.41) is 7.01. The van der Waals surface area contributed by atoms with Gasteiger partial charge in [-0.3, -0.25) is 5.09 Å². The van der Waals surface area contributed by atoms with Crippen molar-refractivity contribution >= 4 is 42.7 Å². The monoisotopic (exact) mass is 350 g/mol. The summed E-state index contributed by atoms with van der Waals surface area (Å²) in [6.07, 6.45) is 7.77. The van der Waals surface area contributed by atoms with Crippen LogP contribution in [0.15, 0.2) is 10.7 Å². The van der Waals surface area contributed by atoms with Crippen molar-refractivity contribution in [3.8, 4) is 0 Å². The Morgan fingerprint density at radius 2 is 2.11 bits per heavy atom. The number of rotatable bonds is 4. The van der Waals surface area contributed by atoms with Gasteiger partial charge in [0.2, 0.25) is 5.28 Å². The van der Waals surface area contributed by atoms with Crippen molar-refractivity contribution in [1.82, 2.24) is 15.1 Å². The second-order valence-electron chi connectivity index (χ2n) is 4.68. The maximum atomic E-state index is 5.85. The van der Waals surface area contributed by atoms with Crippen LogP contribution in [0.25, 0.3) is 0 Å². The lowest BCUT2D eigenvalue weighted by Crippen LogP contribution is -2.47. The Morgan fingerprint density at radius 1 is 1.39 bits per heavy atom. The molecule has 1 aromatic heterocycles. The highest BCUT2D eigenvalue weighted by atomic mass is 79.9. The third-order valence-corrected chi connectivity index (χ3v) is 4.32. The van der Waals surface area contributed by atoms with Gasteiger partial charge in [-0.15, -0.1) is 0 Å². The van der Waals surface area contributed by atoms with Gasteiger partial charge < -0.3 is 5.32 Å². The Labute approximate surface area is 123 Å². The molecule has 0 aliphatic heterocycles. The van der Waals surface area contributed by atoms with Crippen molar-refractivity contribution in [3.63, 3.8) is 0 Å². The third-order valence-electron chi connectivity index (χ3n) is 3.35. The van der Waals surface area contributed by atoms with E-state index in [-0.39, 0.29) is 10.8 Å². The molecule has 1 atom stereocenters. The molecule has 1 fully saturated rings. The predicted octanol–water partition coefficient (Wildman–Crippen LogP) is 3.39. The molecule has 1 heterocycles. The number of nitrogens with one attached hydrogen (secondary N) is 2. The summed E-state index contributed by atoms with van der Waals surface area (Å²) in [5.41, 5.74) is 0.0558. The van der Waals surface area contributed by atoms with E-state index < -0.39 is 0 Å². The van der Waals surface area contributed by atoms with Crippen LogP contribution in [0.3, 0.4) is 0 Å². The fourth-order valence-electron chi connectivity index (χ4n) is 2.45. The molecule has 0 bridgehead atoms. The van der Waals surface area contributed by atoms with E-state index in [9.17, 15) is 0 Å². The molecule has 2 N–H and O–H groups in total. The second-order valence-corrected chi connectivity index (χ2v) is 6.28. The van der Waals surface area contributed by atoms with E-state index in [1.807, 2.05) is 0 Å². The summed E-state index contributed by atoms with van der Waals surface area (Å²) in [6.45, 7) is 0.895. The largest absolute Gasteiger partial charge is 0.362 e. The van der Waals surface area contributed by atoms with E-state index in [1.54, 1.807) is 6.20 Å². The topological polar surface area (TPSA) is 49.8 Å². The van der Waals surface area contributed by atoms with E-state index in [0.717, 1.165) is 29.7 Å². The van der Waals surface area contributed by atoms with Gasteiger partial charge in [0.1, 0.15) is 5.82 Å². The Balaban J connectivity index is 2.19. The summed E-state index contributed by atoms with van der Waals surface area (Å²) < 4.78 is 0.848. The summed E-state index contributed by atoms with van der Waals surface area (Å²) in [7, 11) is 2.57. The molecule has 0 saturated heterocycles. The minimum absolute atomic E-state index is 0.0558. The molecule has 0 amide bonds. The Hall–Kier alpha value is 0.0400. The van der Waals surface area contributed by atoms with Crippen molar-refractivity contribution < 1.29 is 0 Å². The standard InChI is InChI=1S/C11H17BrClN4P/c12-8-6-14-10(13)16-9(8)17-11(7-15-18)4-2-1-3-5-11/h6,15H,1-5,7,18H2,(H,14,16,17). The van der Waals surface area contributed by atoms with Crippen LogP contribution >= 0.6 is 36.9 Å². The van der Waals surface area contributed by atoms with E-state index in [4.69, 9.17) is 11.6 Å². The number of hydrogen-bond acceptors (Lipinski definition) is 4. The molecule has 1 aliphatic rings. The molecule has 1 aliphatic carbocycles. The average Bonchev–Trinajstić information content (AvgIpc) is 2.35. The molecule has 100 valence electrons. The number of halogens is 2. The zero-order chi connectivity index (χ0) is 13.0. The fourth-order valence-corrected chi connectivity index (χ4v) is 3.27. The number of nitrogens with zero attached hydrogens (tertiary/aromatic N) is 2. The lowest BCUT2D eigenvalue weighted by molar-refractivity contribution is 0.324.